The van der Waals surface area contributed by atoms with Crippen LogP contribution < -0.4 is 10.2 Å². The van der Waals surface area contributed by atoms with Crippen molar-refractivity contribution in [3.05, 3.63) is 58.3 Å². The first-order chi connectivity index (χ1) is 12.1. The summed E-state index contributed by atoms with van der Waals surface area (Å²) in [4.78, 5) is 22.2. The fourth-order valence-corrected chi connectivity index (χ4v) is 2.79. The fourth-order valence-electron chi connectivity index (χ4n) is 2.79. The van der Waals surface area contributed by atoms with Gasteiger partial charge in [0.15, 0.2) is 5.75 Å². The van der Waals surface area contributed by atoms with Crippen LogP contribution in [0.25, 0.3) is 11.0 Å². The summed E-state index contributed by atoms with van der Waals surface area (Å²) in [5, 5.41) is 0. The minimum atomic E-state index is -0.0965. The predicted molar refractivity (Wildman–Crippen MR) is 99.1 cm³/mol. The first kappa shape index (κ1) is 17.2. The average molecular weight is 340 g/mol. The zero-order valence-electron chi connectivity index (χ0n) is 15.0. The van der Waals surface area contributed by atoms with E-state index in [2.05, 4.69) is 20.5 Å². The number of fused-ring (bicyclic) bond motifs is 1. The Labute approximate surface area is 147 Å². The number of pyridine rings is 1. The number of ether oxygens (including phenoxy) is 1. The second-order valence-electron chi connectivity index (χ2n) is 6.38. The van der Waals surface area contributed by atoms with Gasteiger partial charge < -0.3 is 19.2 Å². The maximum atomic E-state index is 12.2. The van der Waals surface area contributed by atoms with Crippen molar-refractivity contribution in [1.29, 1.82) is 0 Å². The lowest BCUT2D eigenvalue weighted by atomic mass is 10.3. The van der Waals surface area contributed by atoms with E-state index < -0.39 is 0 Å². The van der Waals surface area contributed by atoms with E-state index in [0.717, 1.165) is 35.5 Å². The van der Waals surface area contributed by atoms with Crippen LogP contribution in [-0.2, 0) is 13.1 Å². The lowest BCUT2D eigenvalue weighted by Gasteiger charge is -2.13. The highest BCUT2D eigenvalue weighted by Gasteiger charge is 2.12. The van der Waals surface area contributed by atoms with Gasteiger partial charge in [-0.05, 0) is 32.6 Å². The van der Waals surface area contributed by atoms with E-state index in [1.165, 1.54) is 0 Å². The van der Waals surface area contributed by atoms with Crippen molar-refractivity contribution >= 4 is 11.0 Å². The van der Waals surface area contributed by atoms with Crippen LogP contribution in [0.4, 0.5) is 0 Å². The number of nitrogens with one attached hydrogen (secondary N) is 1. The van der Waals surface area contributed by atoms with Gasteiger partial charge in [-0.2, -0.15) is 0 Å². The third-order valence-electron chi connectivity index (χ3n) is 3.92. The Morgan fingerprint density at radius 3 is 2.80 bits per heavy atom. The van der Waals surface area contributed by atoms with Gasteiger partial charge in [0.05, 0.1) is 30.7 Å². The second kappa shape index (κ2) is 7.53. The lowest BCUT2D eigenvalue weighted by molar-refractivity contribution is 0.313. The summed E-state index contributed by atoms with van der Waals surface area (Å²) in [7, 11) is 4.04. The molecule has 2 heterocycles. The normalized spacial score (nSPS) is 11.4. The van der Waals surface area contributed by atoms with Crippen LogP contribution in [-0.4, -0.2) is 40.1 Å². The standard InChI is InChI=1S/C19H24N4O2/c1-4-9-25-18-11-20-14(10-17(18)24)12-23-16-8-6-5-7-15(16)21-19(23)13-22(2)3/h5-8,10-11H,4,9,12-13H2,1-3H3,(H,20,24). The van der Waals surface area contributed by atoms with E-state index in [9.17, 15) is 4.79 Å². The molecule has 0 spiro atoms. The summed E-state index contributed by atoms with van der Waals surface area (Å²) in [5.74, 6) is 1.34. The van der Waals surface area contributed by atoms with Crippen LogP contribution >= 0.6 is 0 Å². The van der Waals surface area contributed by atoms with E-state index in [-0.39, 0.29) is 5.43 Å². The number of hydrogen-bond acceptors (Lipinski definition) is 4. The molecule has 6 nitrogen and oxygen atoms in total. The number of hydrogen-bond donors (Lipinski definition) is 1. The van der Waals surface area contributed by atoms with Gasteiger partial charge in [-0.25, -0.2) is 4.98 Å². The van der Waals surface area contributed by atoms with Gasteiger partial charge in [0.25, 0.3) is 0 Å². The Bertz CT molecular complexity index is 911. The van der Waals surface area contributed by atoms with Crippen LogP contribution in [0.3, 0.4) is 0 Å². The molecule has 0 aliphatic heterocycles. The van der Waals surface area contributed by atoms with Crippen LogP contribution in [0.2, 0.25) is 0 Å². The number of aromatic nitrogens is 3. The molecule has 0 saturated carbocycles. The molecule has 0 amide bonds. The van der Waals surface area contributed by atoms with Gasteiger partial charge in [0.1, 0.15) is 5.82 Å². The topological polar surface area (TPSA) is 63.1 Å². The summed E-state index contributed by atoms with van der Waals surface area (Å²) in [6.45, 7) is 3.85. The van der Waals surface area contributed by atoms with Gasteiger partial charge in [-0.1, -0.05) is 19.1 Å². The Kier molecular flexibility index (Phi) is 5.19. The number of aromatic amines is 1. The van der Waals surface area contributed by atoms with Crippen LogP contribution in [0.1, 0.15) is 24.9 Å². The van der Waals surface area contributed by atoms with E-state index in [0.29, 0.717) is 18.9 Å². The zero-order valence-corrected chi connectivity index (χ0v) is 15.0. The third-order valence-corrected chi connectivity index (χ3v) is 3.92. The molecule has 0 bridgehead atoms. The highest BCUT2D eigenvalue weighted by atomic mass is 16.5. The quantitative estimate of drug-likeness (QED) is 0.718. The molecule has 2 aromatic heterocycles. The van der Waals surface area contributed by atoms with Crippen molar-refractivity contribution in [3.63, 3.8) is 0 Å². The summed E-state index contributed by atoms with van der Waals surface area (Å²) in [6.07, 6.45) is 2.52. The van der Waals surface area contributed by atoms with Crippen molar-refractivity contribution in [2.45, 2.75) is 26.4 Å². The number of rotatable bonds is 7. The highest BCUT2D eigenvalue weighted by molar-refractivity contribution is 5.76. The van der Waals surface area contributed by atoms with Gasteiger partial charge in [-0.3, -0.25) is 4.79 Å². The second-order valence-corrected chi connectivity index (χ2v) is 6.38. The fraction of sp³-hybridized carbons (Fsp3) is 0.368. The Hall–Kier alpha value is -2.60. The molecule has 0 atom stereocenters. The molecule has 0 aliphatic carbocycles. The maximum absolute atomic E-state index is 12.2. The van der Waals surface area contributed by atoms with E-state index in [1.54, 1.807) is 12.3 Å². The largest absolute Gasteiger partial charge is 0.488 e. The zero-order chi connectivity index (χ0) is 17.8. The van der Waals surface area contributed by atoms with Crippen LogP contribution in [0.15, 0.2) is 41.3 Å². The molecule has 0 saturated heterocycles. The van der Waals surface area contributed by atoms with Gasteiger partial charge in [-0.15, -0.1) is 0 Å². The molecule has 25 heavy (non-hydrogen) atoms. The first-order valence-corrected chi connectivity index (χ1v) is 8.51. The minimum Gasteiger partial charge on any atom is -0.488 e. The van der Waals surface area contributed by atoms with Gasteiger partial charge in [0.2, 0.25) is 5.43 Å². The molecular formula is C19H24N4O2. The summed E-state index contributed by atoms with van der Waals surface area (Å²) >= 11 is 0. The number of para-hydroxylation sites is 2. The Balaban J connectivity index is 1.94. The van der Waals surface area contributed by atoms with Gasteiger partial charge >= 0.3 is 0 Å². The van der Waals surface area contributed by atoms with Crippen molar-refractivity contribution in [3.8, 4) is 5.75 Å². The van der Waals surface area contributed by atoms with Crippen molar-refractivity contribution in [2.24, 2.45) is 0 Å². The van der Waals surface area contributed by atoms with E-state index >= 15 is 0 Å². The highest BCUT2D eigenvalue weighted by Crippen LogP contribution is 2.18. The third kappa shape index (κ3) is 3.91. The number of nitrogens with zero attached hydrogens (tertiary/aromatic N) is 3. The summed E-state index contributed by atoms with van der Waals surface area (Å²) < 4.78 is 7.60. The monoisotopic (exact) mass is 340 g/mol. The summed E-state index contributed by atoms with van der Waals surface area (Å²) in [6, 6.07) is 9.66. The Morgan fingerprint density at radius 1 is 1.28 bits per heavy atom. The van der Waals surface area contributed by atoms with Crippen molar-refractivity contribution < 1.29 is 4.74 Å². The average Bonchev–Trinajstić information content (AvgIpc) is 2.91. The van der Waals surface area contributed by atoms with Crippen molar-refractivity contribution in [2.75, 3.05) is 20.7 Å². The molecule has 0 fully saturated rings. The van der Waals surface area contributed by atoms with Crippen LogP contribution in [0.5, 0.6) is 5.75 Å². The van der Waals surface area contributed by atoms with Gasteiger partial charge in [0, 0.05) is 18.0 Å². The molecule has 6 heteroatoms. The molecule has 3 aromatic rings. The van der Waals surface area contributed by atoms with Crippen LogP contribution in [0, 0.1) is 0 Å². The van der Waals surface area contributed by atoms with E-state index in [4.69, 9.17) is 9.72 Å². The predicted octanol–water partition coefficient (Wildman–Crippen LogP) is 2.62. The lowest BCUT2D eigenvalue weighted by Crippen LogP contribution is -2.17. The molecule has 132 valence electrons. The molecule has 0 unspecified atom stereocenters. The summed E-state index contributed by atoms with van der Waals surface area (Å²) in [5.41, 5.74) is 2.76. The Morgan fingerprint density at radius 2 is 2.08 bits per heavy atom. The molecule has 3 rings (SSSR count). The minimum absolute atomic E-state index is 0.0965. The first-order valence-electron chi connectivity index (χ1n) is 8.51. The smallest absolute Gasteiger partial charge is 0.223 e. The van der Waals surface area contributed by atoms with Crippen molar-refractivity contribution in [1.82, 2.24) is 19.4 Å². The molecular weight excluding hydrogens is 316 g/mol. The number of benzene rings is 1. The molecule has 1 aromatic carbocycles. The SMILES string of the molecule is CCCOc1c[nH]c(Cn2c(CN(C)C)nc3ccccc32)cc1=O. The van der Waals surface area contributed by atoms with E-state index in [1.807, 2.05) is 39.2 Å². The molecule has 0 aliphatic rings. The molecule has 1 N–H and O–H groups in total. The maximum Gasteiger partial charge on any atom is 0.223 e. The number of H-pyrrole nitrogens is 1. The number of imidazole rings is 1. The molecule has 0 radical (unpaired) electrons.